The molecule has 5 unspecified atom stereocenters. The van der Waals surface area contributed by atoms with Crippen molar-refractivity contribution in [2.75, 3.05) is 11.4 Å². The number of anilines is 1. The van der Waals surface area contributed by atoms with E-state index in [0.29, 0.717) is 30.9 Å². The summed E-state index contributed by atoms with van der Waals surface area (Å²) in [4.78, 5) is 35.1. The summed E-state index contributed by atoms with van der Waals surface area (Å²) < 4.78 is 2.01. The van der Waals surface area contributed by atoms with E-state index in [-0.39, 0.29) is 11.6 Å². The van der Waals surface area contributed by atoms with E-state index in [2.05, 4.69) is 4.90 Å². The third-order valence-electron chi connectivity index (χ3n) is 10.5. The van der Waals surface area contributed by atoms with Crippen molar-refractivity contribution in [3.8, 4) is 0 Å². The molecule has 2 aliphatic carbocycles. The number of hydrogen-bond donors (Lipinski definition) is 1. The number of rotatable bonds is 4. The molecule has 3 saturated heterocycles. The Hall–Kier alpha value is -2.41. The molecule has 1 aromatic carbocycles. The van der Waals surface area contributed by atoms with Crippen molar-refractivity contribution in [2.45, 2.75) is 114 Å². The van der Waals surface area contributed by atoms with Gasteiger partial charge in [-0.25, -0.2) is 9.78 Å². The Bertz CT molecular complexity index is 1220. The largest absolute Gasteiger partial charge is 0.480 e. The highest BCUT2D eigenvalue weighted by Crippen LogP contribution is 2.47. The predicted molar refractivity (Wildman–Crippen MR) is 144 cm³/mol. The molecule has 5 aliphatic rings. The second-order valence-electron chi connectivity index (χ2n) is 12.6. The average molecular weight is 505 g/mol. The minimum absolute atomic E-state index is 0.107. The van der Waals surface area contributed by atoms with Gasteiger partial charge in [0.05, 0.1) is 11.0 Å². The van der Waals surface area contributed by atoms with Gasteiger partial charge in [-0.1, -0.05) is 44.2 Å². The first kappa shape index (κ1) is 23.7. The number of carbonyl (C=O) groups is 1. The summed E-state index contributed by atoms with van der Waals surface area (Å²) in [7, 11) is 0. The first-order chi connectivity index (χ1) is 18.1. The Morgan fingerprint density at radius 1 is 0.811 bits per heavy atom. The molecule has 37 heavy (non-hydrogen) atoms. The number of carboxylic acids is 1. The lowest BCUT2D eigenvalue weighted by atomic mass is 9.73. The maximum absolute atomic E-state index is 14.0. The van der Waals surface area contributed by atoms with Crippen molar-refractivity contribution in [3.63, 3.8) is 0 Å². The molecule has 0 spiro atoms. The van der Waals surface area contributed by atoms with Crippen molar-refractivity contribution < 1.29 is 9.90 Å². The Balaban J connectivity index is 1.22. The highest BCUT2D eigenvalue weighted by atomic mass is 16.4. The van der Waals surface area contributed by atoms with Gasteiger partial charge in [0.25, 0.3) is 5.56 Å². The fraction of sp³-hybridized carbons (Fsp3) is 0.700. The molecule has 5 fully saturated rings. The van der Waals surface area contributed by atoms with E-state index >= 15 is 0 Å². The molecular weight excluding hydrogens is 464 g/mol. The summed E-state index contributed by atoms with van der Waals surface area (Å²) in [5, 5.41) is 9.64. The van der Waals surface area contributed by atoms with Gasteiger partial charge in [0.1, 0.15) is 6.04 Å². The number of benzene rings is 1. The summed E-state index contributed by atoms with van der Waals surface area (Å²) in [5.41, 5.74) is 1.57. The van der Waals surface area contributed by atoms with Gasteiger partial charge in [-0.05, 0) is 75.3 Å². The van der Waals surface area contributed by atoms with Gasteiger partial charge in [-0.2, -0.15) is 0 Å². The number of carboxylic acid groups (broad SMARTS) is 1. The van der Waals surface area contributed by atoms with Gasteiger partial charge in [0, 0.05) is 30.7 Å². The van der Waals surface area contributed by atoms with Gasteiger partial charge in [-0.3, -0.25) is 9.69 Å². The molecular formula is C30H40N4O3. The minimum Gasteiger partial charge on any atom is -0.480 e. The van der Waals surface area contributed by atoms with E-state index in [0.717, 1.165) is 41.8 Å². The highest BCUT2D eigenvalue weighted by molar-refractivity contribution is 5.81. The molecule has 4 heterocycles. The zero-order chi connectivity index (χ0) is 25.1. The fourth-order valence-electron chi connectivity index (χ4n) is 8.90. The van der Waals surface area contributed by atoms with Crippen LogP contribution in [-0.2, 0) is 4.79 Å². The second-order valence-corrected chi connectivity index (χ2v) is 12.6. The van der Waals surface area contributed by atoms with Gasteiger partial charge >= 0.3 is 5.97 Å². The predicted octanol–water partition coefficient (Wildman–Crippen LogP) is 4.98. The van der Waals surface area contributed by atoms with Crippen LogP contribution in [0.5, 0.6) is 0 Å². The quantitative estimate of drug-likeness (QED) is 0.633. The normalized spacial score (nSPS) is 36.1. The van der Waals surface area contributed by atoms with Crippen molar-refractivity contribution in [3.05, 3.63) is 34.6 Å². The molecule has 4 bridgehead atoms. The van der Waals surface area contributed by atoms with Crippen molar-refractivity contribution in [1.82, 2.24) is 14.5 Å². The van der Waals surface area contributed by atoms with E-state index in [1.807, 2.05) is 28.8 Å². The first-order valence-electron chi connectivity index (χ1n) is 14.8. The molecule has 2 aromatic rings. The summed E-state index contributed by atoms with van der Waals surface area (Å²) in [6.07, 6.45) is 16.2. The Morgan fingerprint density at radius 2 is 1.51 bits per heavy atom. The smallest absolute Gasteiger partial charge is 0.326 e. The summed E-state index contributed by atoms with van der Waals surface area (Å²) in [6, 6.07) is 9.23. The SMILES string of the molecule is O=C(O)C1CCN1c1nc2ccccc2n(C2CC3CCCC(C2)N3C2CC3CCCCC(C3)C2)c1=O. The van der Waals surface area contributed by atoms with Crippen LogP contribution in [0.25, 0.3) is 11.0 Å². The lowest BCUT2D eigenvalue weighted by molar-refractivity contribution is -0.140. The Kier molecular flexibility index (Phi) is 6.02. The molecule has 3 aliphatic heterocycles. The number of aromatic nitrogens is 2. The maximum atomic E-state index is 14.0. The zero-order valence-corrected chi connectivity index (χ0v) is 21.8. The number of hydrogen-bond acceptors (Lipinski definition) is 5. The van der Waals surface area contributed by atoms with E-state index in [1.54, 1.807) is 4.90 Å². The minimum atomic E-state index is -0.872. The van der Waals surface area contributed by atoms with E-state index < -0.39 is 12.0 Å². The van der Waals surface area contributed by atoms with Crippen LogP contribution >= 0.6 is 0 Å². The number of nitrogens with zero attached hydrogens (tertiary/aromatic N) is 4. The van der Waals surface area contributed by atoms with Crippen LogP contribution in [0.1, 0.15) is 89.5 Å². The summed E-state index contributed by atoms with van der Waals surface area (Å²) in [6.45, 7) is 0.575. The molecule has 0 radical (unpaired) electrons. The third kappa shape index (κ3) is 4.08. The molecule has 7 nitrogen and oxygen atoms in total. The van der Waals surface area contributed by atoms with Crippen molar-refractivity contribution in [2.24, 2.45) is 11.8 Å². The van der Waals surface area contributed by atoms with E-state index in [1.165, 1.54) is 64.2 Å². The molecule has 5 atom stereocenters. The molecule has 0 amide bonds. The number of para-hydroxylation sites is 2. The summed E-state index contributed by atoms with van der Waals surface area (Å²) >= 11 is 0. The van der Waals surface area contributed by atoms with E-state index in [9.17, 15) is 14.7 Å². The molecule has 198 valence electrons. The lowest BCUT2D eigenvalue weighted by Crippen LogP contribution is -2.59. The fourth-order valence-corrected chi connectivity index (χ4v) is 8.90. The van der Waals surface area contributed by atoms with Crippen LogP contribution < -0.4 is 10.5 Å². The maximum Gasteiger partial charge on any atom is 0.326 e. The topological polar surface area (TPSA) is 78.7 Å². The third-order valence-corrected chi connectivity index (χ3v) is 10.5. The standard InChI is InChI=1S/C30H40N4O3/c35-29-28(32-13-12-27(32)30(36)37)31-25-10-3-4-11-26(25)34(29)24-17-21-8-5-9-22(18-24)33(21)23-15-19-6-1-2-7-20(14-19)16-23/h3-4,10-11,19-24,27H,1-2,5-9,12-18H2,(H,36,37). The van der Waals surface area contributed by atoms with Crippen LogP contribution in [-0.4, -0.2) is 56.2 Å². The van der Waals surface area contributed by atoms with Gasteiger partial charge < -0.3 is 14.6 Å². The average Bonchev–Trinajstić information content (AvgIpc) is 3.02. The zero-order valence-electron chi connectivity index (χ0n) is 21.8. The number of aliphatic carboxylic acids is 1. The van der Waals surface area contributed by atoms with Crippen LogP contribution in [0.2, 0.25) is 0 Å². The van der Waals surface area contributed by atoms with Crippen LogP contribution in [0, 0.1) is 11.8 Å². The van der Waals surface area contributed by atoms with Crippen LogP contribution in [0.3, 0.4) is 0 Å². The second kappa shape index (κ2) is 9.40. The molecule has 1 N–H and O–H groups in total. The molecule has 7 rings (SSSR count). The molecule has 7 heteroatoms. The Labute approximate surface area is 218 Å². The number of fused-ring (bicyclic) bond motifs is 5. The molecule has 1 aromatic heterocycles. The highest BCUT2D eigenvalue weighted by Gasteiger charge is 2.45. The van der Waals surface area contributed by atoms with Crippen molar-refractivity contribution >= 4 is 22.8 Å². The lowest BCUT2D eigenvalue weighted by Gasteiger charge is -2.54. The van der Waals surface area contributed by atoms with Gasteiger partial charge in [0.2, 0.25) is 0 Å². The first-order valence-corrected chi connectivity index (χ1v) is 14.8. The van der Waals surface area contributed by atoms with E-state index in [4.69, 9.17) is 4.98 Å². The molecule has 2 saturated carbocycles. The van der Waals surface area contributed by atoms with Crippen molar-refractivity contribution in [1.29, 1.82) is 0 Å². The van der Waals surface area contributed by atoms with Crippen LogP contribution in [0.15, 0.2) is 29.1 Å². The number of piperidine rings is 2. The van der Waals surface area contributed by atoms with Gasteiger partial charge in [0.15, 0.2) is 5.82 Å². The Morgan fingerprint density at radius 3 is 2.16 bits per heavy atom. The van der Waals surface area contributed by atoms with Gasteiger partial charge in [-0.15, -0.1) is 0 Å². The summed E-state index contributed by atoms with van der Waals surface area (Å²) in [5.74, 6) is 1.28. The monoisotopic (exact) mass is 504 g/mol. The van der Waals surface area contributed by atoms with Crippen LogP contribution in [0.4, 0.5) is 5.82 Å².